The van der Waals surface area contributed by atoms with Gasteiger partial charge >= 0.3 is 6.03 Å². The third-order valence-corrected chi connectivity index (χ3v) is 6.68. The summed E-state index contributed by atoms with van der Waals surface area (Å²) in [6.07, 6.45) is 2.78. The summed E-state index contributed by atoms with van der Waals surface area (Å²) in [6, 6.07) is 8.23. The molecule has 0 bridgehead atoms. The highest BCUT2D eigenvalue weighted by molar-refractivity contribution is 7.91. The van der Waals surface area contributed by atoms with Crippen molar-refractivity contribution in [1.82, 2.24) is 14.6 Å². The predicted molar refractivity (Wildman–Crippen MR) is 92.5 cm³/mol. The van der Waals surface area contributed by atoms with Gasteiger partial charge in [0.25, 0.3) is 0 Å². The lowest BCUT2D eigenvalue weighted by Crippen LogP contribution is -2.47. The van der Waals surface area contributed by atoms with Crippen molar-refractivity contribution in [3.63, 3.8) is 0 Å². The van der Waals surface area contributed by atoms with Crippen LogP contribution in [0.25, 0.3) is 0 Å². The smallest absolute Gasteiger partial charge is 0.323 e. The van der Waals surface area contributed by atoms with E-state index in [1.54, 1.807) is 46.8 Å². The molecule has 0 spiro atoms. The Morgan fingerprint density at radius 3 is 2.62 bits per heavy atom. The molecular weight excluding hydrogens is 348 g/mol. The first kappa shape index (κ1) is 16.9. The Morgan fingerprint density at radius 1 is 1.21 bits per heavy atom. The summed E-state index contributed by atoms with van der Waals surface area (Å²) in [5.41, 5.74) is 0. The number of hydrogen-bond donors (Lipinski definition) is 2. The number of anilines is 1. The van der Waals surface area contributed by atoms with Gasteiger partial charge in [-0.1, -0.05) is 12.1 Å². The van der Waals surface area contributed by atoms with Gasteiger partial charge in [0, 0.05) is 25.3 Å². The van der Waals surface area contributed by atoms with Crippen molar-refractivity contribution in [2.45, 2.75) is 23.1 Å². The highest BCUT2D eigenvalue weighted by atomic mass is 32.2. The highest BCUT2D eigenvalue weighted by Crippen LogP contribution is 2.19. The lowest BCUT2D eigenvalue weighted by molar-refractivity contribution is 0.193. The number of rotatable bonds is 4. The van der Waals surface area contributed by atoms with Gasteiger partial charge in [0.15, 0.2) is 0 Å². The number of amides is 2. The van der Waals surface area contributed by atoms with Gasteiger partial charge in [0.2, 0.25) is 10.0 Å². The fourth-order valence-electron chi connectivity index (χ4n) is 2.52. The maximum Gasteiger partial charge on any atom is 0.323 e. The molecule has 0 atom stereocenters. The molecule has 1 fully saturated rings. The number of likely N-dealkylation sites (tertiary alicyclic amines) is 1. The van der Waals surface area contributed by atoms with Crippen LogP contribution in [0.3, 0.4) is 0 Å². The van der Waals surface area contributed by atoms with E-state index >= 15 is 0 Å². The topological polar surface area (TPSA) is 91.4 Å². The van der Waals surface area contributed by atoms with E-state index < -0.39 is 10.0 Å². The van der Waals surface area contributed by atoms with Crippen molar-refractivity contribution in [2.24, 2.45) is 0 Å². The molecule has 2 aromatic heterocycles. The molecule has 7 nitrogen and oxygen atoms in total. The zero-order valence-corrected chi connectivity index (χ0v) is 14.5. The van der Waals surface area contributed by atoms with E-state index in [9.17, 15) is 13.2 Å². The average Bonchev–Trinajstić information content (AvgIpc) is 3.11. The summed E-state index contributed by atoms with van der Waals surface area (Å²) >= 11 is 1.19. The molecule has 1 saturated heterocycles. The van der Waals surface area contributed by atoms with Crippen LogP contribution < -0.4 is 10.0 Å². The first-order valence-corrected chi connectivity index (χ1v) is 9.94. The number of urea groups is 1. The molecular formula is C15H18N4O3S2. The molecule has 0 unspecified atom stereocenters. The Kier molecular flexibility index (Phi) is 5.12. The van der Waals surface area contributed by atoms with Gasteiger partial charge in [-0.25, -0.2) is 22.9 Å². The molecule has 3 heterocycles. The molecule has 0 radical (unpaired) electrons. The summed E-state index contributed by atoms with van der Waals surface area (Å²) in [7, 11) is -3.46. The zero-order valence-electron chi connectivity index (χ0n) is 12.9. The molecule has 0 aliphatic carbocycles. The average molecular weight is 366 g/mol. The second kappa shape index (κ2) is 7.29. The van der Waals surface area contributed by atoms with Crippen LogP contribution >= 0.6 is 11.3 Å². The minimum atomic E-state index is -3.46. The first-order valence-electron chi connectivity index (χ1n) is 7.57. The van der Waals surface area contributed by atoms with Crippen LogP contribution in [-0.2, 0) is 10.0 Å². The van der Waals surface area contributed by atoms with Crippen LogP contribution in [0.15, 0.2) is 46.1 Å². The van der Waals surface area contributed by atoms with E-state index in [1.807, 2.05) is 0 Å². The molecule has 9 heteroatoms. The minimum Gasteiger partial charge on any atom is -0.324 e. The van der Waals surface area contributed by atoms with Gasteiger partial charge < -0.3 is 4.90 Å². The van der Waals surface area contributed by atoms with Gasteiger partial charge in [-0.3, -0.25) is 5.32 Å². The third kappa shape index (κ3) is 4.11. The van der Waals surface area contributed by atoms with Crippen molar-refractivity contribution in [2.75, 3.05) is 18.4 Å². The maximum absolute atomic E-state index is 12.2. The number of nitrogens with zero attached hydrogens (tertiary/aromatic N) is 2. The van der Waals surface area contributed by atoms with E-state index in [0.717, 1.165) is 0 Å². The van der Waals surface area contributed by atoms with Gasteiger partial charge in [-0.2, -0.15) is 0 Å². The number of sulfonamides is 1. The van der Waals surface area contributed by atoms with Crippen molar-refractivity contribution < 1.29 is 13.2 Å². The highest BCUT2D eigenvalue weighted by Gasteiger charge is 2.27. The van der Waals surface area contributed by atoms with E-state index in [4.69, 9.17) is 0 Å². The number of pyridine rings is 1. The second-order valence-electron chi connectivity index (χ2n) is 5.46. The standard InChI is InChI=1S/C15H18N4O3S2/c20-15(17-13-4-1-2-8-16-13)19-9-6-12(7-10-19)18-24(21,22)14-5-3-11-23-14/h1-5,8,11-12,18H,6-7,9-10H2,(H,16,17,20). The Bertz CT molecular complexity index is 770. The molecule has 2 amide bonds. The normalized spacial score (nSPS) is 16.1. The summed E-state index contributed by atoms with van der Waals surface area (Å²) in [5, 5.41) is 4.47. The third-order valence-electron chi connectivity index (χ3n) is 3.76. The Labute approximate surface area is 144 Å². The van der Waals surface area contributed by atoms with Gasteiger partial charge in [0.05, 0.1) is 0 Å². The SMILES string of the molecule is O=C(Nc1ccccn1)N1CCC(NS(=O)(=O)c2cccs2)CC1. The molecule has 0 aromatic carbocycles. The molecule has 1 aliphatic heterocycles. The lowest BCUT2D eigenvalue weighted by atomic mass is 10.1. The van der Waals surface area contributed by atoms with Crippen LogP contribution in [0.2, 0.25) is 0 Å². The minimum absolute atomic E-state index is 0.156. The molecule has 3 rings (SSSR count). The van der Waals surface area contributed by atoms with Crippen molar-refractivity contribution in [3.05, 3.63) is 41.9 Å². The van der Waals surface area contributed by atoms with E-state index in [1.165, 1.54) is 11.3 Å². The van der Waals surface area contributed by atoms with Crippen molar-refractivity contribution in [1.29, 1.82) is 0 Å². The fourth-order valence-corrected chi connectivity index (χ4v) is 4.83. The number of aromatic nitrogens is 1. The number of piperidine rings is 1. The van der Waals surface area contributed by atoms with Crippen LogP contribution in [0.4, 0.5) is 10.6 Å². The van der Waals surface area contributed by atoms with E-state index in [-0.39, 0.29) is 12.1 Å². The number of thiophene rings is 1. The first-order chi connectivity index (χ1) is 11.5. The molecule has 24 heavy (non-hydrogen) atoms. The van der Waals surface area contributed by atoms with E-state index in [0.29, 0.717) is 36.0 Å². The quantitative estimate of drug-likeness (QED) is 0.867. The van der Waals surface area contributed by atoms with Crippen molar-refractivity contribution in [3.8, 4) is 0 Å². The number of carbonyl (C=O) groups is 1. The Hall–Kier alpha value is -1.97. The van der Waals surface area contributed by atoms with E-state index in [2.05, 4.69) is 15.0 Å². The van der Waals surface area contributed by atoms with Crippen LogP contribution in [-0.4, -0.2) is 43.5 Å². The van der Waals surface area contributed by atoms with Gasteiger partial charge in [-0.15, -0.1) is 11.3 Å². The van der Waals surface area contributed by atoms with Crippen LogP contribution in [0.1, 0.15) is 12.8 Å². The Balaban J connectivity index is 1.51. The number of hydrogen-bond acceptors (Lipinski definition) is 5. The molecule has 0 saturated carbocycles. The zero-order chi connectivity index (χ0) is 17.0. The lowest BCUT2D eigenvalue weighted by Gasteiger charge is -2.32. The van der Waals surface area contributed by atoms with Crippen LogP contribution in [0.5, 0.6) is 0 Å². The molecule has 1 aliphatic rings. The summed E-state index contributed by atoms with van der Waals surface area (Å²) in [5.74, 6) is 0.503. The largest absolute Gasteiger partial charge is 0.324 e. The number of nitrogens with one attached hydrogen (secondary N) is 2. The molecule has 2 aromatic rings. The molecule has 128 valence electrons. The maximum atomic E-state index is 12.2. The summed E-state index contributed by atoms with van der Waals surface area (Å²) < 4.78 is 27.5. The fraction of sp³-hybridized carbons (Fsp3) is 0.333. The van der Waals surface area contributed by atoms with Crippen molar-refractivity contribution >= 4 is 33.2 Å². The molecule has 2 N–H and O–H groups in total. The van der Waals surface area contributed by atoms with Gasteiger partial charge in [-0.05, 0) is 36.4 Å². The summed E-state index contributed by atoms with van der Waals surface area (Å²) in [4.78, 5) is 17.9. The number of carbonyl (C=O) groups excluding carboxylic acids is 1. The van der Waals surface area contributed by atoms with Gasteiger partial charge in [0.1, 0.15) is 10.0 Å². The predicted octanol–water partition coefficient (Wildman–Crippen LogP) is 2.12. The Morgan fingerprint density at radius 2 is 2.00 bits per heavy atom. The second-order valence-corrected chi connectivity index (χ2v) is 8.35. The summed E-state index contributed by atoms with van der Waals surface area (Å²) in [6.45, 7) is 0.993. The monoisotopic (exact) mass is 366 g/mol. The van der Waals surface area contributed by atoms with Crippen LogP contribution in [0, 0.1) is 0 Å².